The Hall–Kier alpha value is -2.91. The maximum Gasteiger partial charge on any atom is 0.175 e. The summed E-state index contributed by atoms with van der Waals surface area (Å²) in [6.07, 6.45) is 1.33. The molecule has 3 aliphatic rings. The number of carbonyl (C=O) groups is 3. The first kappa shape index (κ1) is 26.2. The molecule has 2 aliphatic carbocycles. The van der Waals surface area contributed by atoms with E-state index in [0.717, 1.165) is 37.4 Å². The molecule has 4 rings (SSSR count). The lowest BCUT2D eigenvalue weighted by molar-refractivity contribution is -0.127. The van der Waals surface area contributed by atoms with Gasteiger partial charge in [0.25, 0.3) is 0 Å². The van der Waals surface area contributed by atoms with E-state index in [2.05, 4.69) is 16.8 Å². The Kier molecular flexibility index (Phi) is 7.43. The molecule has 0 bridgehead atoms. The number of fused-ring (bicyclic) bond motifs is 1. The first-order chi connectivity index (χ1) is 17.0. The Balaban J connectivity index is 1.64. The van der Waals surface area contributed by atoms with Gasteiger partial charge in [0.05, 0.1) is 23.4 Å². The lowest BCUT2D eigenvalue weighted by Gasteiger charge is -2.37. The van der Waals surface area contributed by atoms with Crippen LogP contribution < -0.4 is 9.80 Å². The highest BCUT2D eigenvalue weighted by Crippen LogP contribution is 2.46. The van der Waals surface area contributed by atoms with Crippen molar-refractivity contribution in [3.05, 3.63) is 28.5 Å². The number of carbonyl (C=O) groups excluding carboxylic acids is 3. The van der Waals surface area contributed by atoms with Crippen LogP contribution in [0, 0.1) is 17.8 Å². The van der Waals surface area contributed by atoms with E-state index in [-0.39, 0.29) is 47.5 Å². The Bertz CT molecular complexity index is 1100. The van der Waals surface area contributed by atoms with Crippen molar-refractivity contribution in [1.82, 2.24) is 4.90 Å². The van der Waals surface area contributed by atoms with E-state index in [1.165, 1.54) is 6.92 Å². The summed E-state index contributed by atoms with van der Waals surface area (Å²) in [6, 6.07) is 1.96. The molecule has 196 valence electrons. The van der Waals surface area contributed by atoms with Gasteiger partial charge in [0.2, 0.25) is 0 Å². The zero-order chi connectivity index (χ0) is 26.3. The molecule has 1 saturated heterocycles. The van der Waals surface area contributed by atoms with Crippen LogP contribution >= 0.6 is 0 Å². The number of allylic oxidation sites excluding steroid dienone is 2. The van der Waals surface area contributed by atoms with Crippen LogP contribution in [0.25, 0.3) is 0 Å². The molecule has 1 fully saturated rings. The number of likely N-dealkylation sites (N-methyl/N-ethyl adjacent to an activating group) is 1. The molecule has 0 amide bonds. The van der Waals surface area contributed by atoms with Crippen LogP contribution in [0.15, 0.2) is 17.4 Å². The third-order valence-corrected chi connectivity index (χ3v) is 8.02. The number of aliphatic hydroxyl groups is 2. The number of ketones is 3. The largest absolute Gasteiger partial charge is 0.511 e. The van der Waals surface area contributed by atoms with Gasteiger partial charge in [-0.15, -0.1) is 0 Å². The summed E-state index contributed by atoms with van der Waals surface area (Å²) in [5.41, 5.74) is 2.53. The molecule has 1 heterocycles. The number of rotatable bonds is 6. The molecular weight excluding hydrogens is 462 g/mol. The predicted molar refractivity (Wildman–Crippen MR) is 137 cm³/mol. The fourth-order valence-corrected chi connectivity index (χ4v) is 6.09. The number of nitrogens with zero attached hydrogens (tertiary/aromatic N) is 3. The second-order valence-electron chi connectivity index (χ2n) is 10.7. The summed E-state index contributed by atoms with van der Waals surface area (Å²) in [5.74, 6) is -2.61. The van der Waals surface area contributed by atoms with Crippen molar-refractivity contribution in [1.29, 1.82) is 0 Å². The van der Waals surface area contributed by atoms with E-state index >= 15 is 0 Å². The van der Waals surface area contributed by atoms with Crippen LogP contribution in [0.5, 0.6) is 5.75 Å². The SMILES string of the molecule is CC(=O)C1=C(O)CC(CC2CC(=O)c3c(O)c(N4CCN(C)CC4)cc(N(C)C)c3C2)C(CO)C1=O. The van der Waals surface area contributed by atoms with Gasteiger partial charge >= 0.3 is 0 Å². The molecular formula is C27H37N3O6. The highest BCUT2D eigenvalue weighted by atomic mass is 16.3. The topological polar surface area (TPSA) is 122 Å². The Morgan fingerprint density at radius 2 is 1.75 bits per heavy atom. The maximum absolute atomic E-state index is 13.4. The minimum Gasteiger partial charge on any atom is -0.511 e. The van der Waals surface area contributed by atoms with Gasteiger partial charge in [0.1, 0.15) is 11.5 Å². The number of aromatic hydroxyl groups is 1. The zero-order valence-electron chi connectivity index (χ0n) is 21.6. The predicted octanol–water partition coefficient (Wildman–Crippen LogP) is 1.94. The fourth-order valence-electron chi connectivity index (χ4n) is 6.09. The van der Waals surface area contributed by atoms with E-state index in [1.54, 1.807) is 0 Å². The average molecular weight is 500 g/mol. The van der Waals surface area contributed by atoms with Gasteiger partial charge in [-0.1, -0.05) is 0 Å². The quantitative estimate of drug-likeness (QED) is 0.504. The number of Topliss-reactive ketones (excluding diaryl/α,β-unsaturated/α-hetero) is 3. The molecule has 3 N–H and O–H groups in total. The number of hydrogen-bond acceptors (Lipinski definition) is 9. The second kappa shape index (κ2) is 10.2. The van der Waals surface area contributed by atoms with E-state index in [4.69, 9.17) is 0 Å². The molecule has 1 aromatic carbocycles. The number of phenols is 1. The molecule has 36 heavy (non-hydrogen) atoms. The summed E-state index contributed by atoms with van der Waals surface area (Å²) >= 11 is 0. The highest BCUT2D eigenvalue weighted by molar-refractivity contribution is 6.21. The van der Waals surface area contributed by atoms with E-state index in [1.807, 2.05) is 25.1 Å². The molecule has 9 nitrogen and oxygen atoms in total. The number of aliphatic hydroxyl groups excluding tert-OH is 2. The first-order valence-corrected chi connectivity index (χ1v) is 12.6. The molecule has 9 heteroatoms. The summed E-state index contributed by atoms with van der Waals surface area (Å²) in [6.45, 7) is 4.11. The monoisotopic (exact) mass is 499 g/mol. The molecule has 3 unspecified atom stereocenters. The molecule has 1 aliphatic heterocycles. The van der Waals surface area contributed by atoms with Gasteiger partial charge in [-0.25, -0.2) is 0 Å². The van der Waals surface area contributed by atoms with Crippen LogP contribution in [0.1, 0.15) is 42.1 Å². The van der Waals surface area contributed by atoms with Crippen LogP contribution in [0.3, 0.4) is 0 Å². The van der Waals surface area contributed by atoms with Gasteiger partial charge in [0.15, 0.2) is 17.3 Å². The normalized spacial score (nSPS) is 25.2. The maximum atomic E-state index is 13.4. The van der Waals surface area contributed by atoms with Gasteiger partial charge in [0, 0.05) is 64.7 Å². The van der Waals surface area contributed by atoms with Gasteiger partial charge < -0.3 is 30.0 Å². The van der Waals surface area contributed by atoms with Crippen molar-refractivity contribution < 1.29 is 29.7 Å². The van der Waals surface area contributed by atoms with Crippen LogP contribution in [0.4, 0.5) is 11.4 Å². The van der Waals surface area contributed by atoms with E-state index in [0.29, 0.717) is 24.1 Å². The van der Waals surface area contributed by atoms with Crippen LogP contribution in [0.2, 0.25) is 0 Å². The first-order valence-electron chi connectivity index (χ1n) is 12.6. The zero-order valence-corrected chi connectivity index (χ0v) is 21.6. The van der Waals surface area contributed by atoms with Crippen molar-refractivity contribution in [3.8, 4) is 5.75 Å². The van der Waals surface area contributed by atoms with Crippen molar-refractivity contribution in [2.75, 3.05) is 63.7 Å². The standard InChI is InChI=1S/C27H37N3O6/c1-15(32)24-23(34)12-17(19(14-31)26(24)35)9-16-10-18-20(28(2)3)13-21(27(36)25(18)22(33)11-16)30-7-5-29(4)6-8-30/h13,16-17,19,31,34,36H,5-12,14H2,1-4H3. The highest BCUT2D eigenvalue weighted by Gasteiger charge is 2.41. The summed E-state index contributed by atoms with van der Waals surface area (Å²) in [5, 5.41) is 31.6. The Labute approximate surface area is 212 Å². The fraction of sp³-hybridized carbons (Fsp3) is 0.593. The van der Waals surface area contributed by atoms with Crippen molar-refractivity contribution in [2.45, 2.75) is 32.6 Å². The lowest BCUT2D eigenvalue weighted by atomic mass is 9.70. The van der Waals surface area contributed by atoms with Crippen molar-refractivity contribution in [3.63, 3.8) is 0 Å². The van der Waals surface area contributed by atoms with Gasteiger partial charge in [-0.05, 0) is 50.3 Å². The minimum absolute atomic E-state index is 0.0383. The summed E-state index contributed by atoms with van der Waals surface area (Å²) in [7, 11) is 5.90. The molecule has 0 aromatic heterocycles. The summed E-state index contributed by atoms with van der Waals surface area (Å²) < 4.78 is 0. The van der Waals surface area contributed by atoms with E-state index < -0.39 is 24.1 Å². The second-order valence-corrected chi connectivity index (χ2v) is 10.7. The third-order valence-electron chi connectivity index (χ3n) is 8.02. The number of piperazine rings is 1. The number of anilines is 2. The van der Waals surface area contributed by atoms with Crippen LogP contribution in [-0.4, -0.2) is 91.5 Å². The van der Waals surface area contributed by atoms with Crippen molar-refractivity contribution >= 4 is 28.7 Å². The Morgan fingerprint density at radius 1 is 1.08 bits per heavy atom. The van der Waals surface area contributed by atoms with Gasteiger partial charge in [-0.2, -0.15) is 0 Å². The average Bonchev–Trinajstić information content (AvgIpc) is 2.79. The molecule has 0 radical (unpaired) electrons. The Morgan fingerprint density at radius 3 is 2.33 bits per heavy atom. The minimum atomic E-state index is -0.780. The summed E-state index contributed by atoms with van der Waals surface area (Å²) in [4.78, 5) is 44.4. The molecule has 0 saturated carbocycles. The lowest BCUT2D eigenvalue weighted by Crippen LogP contribution is -2.44. The number of phenolic OH excluding ortho intramolecular Hbond substituents is 1. The molecule has 1 aromatic rings. The third kappa shape index (κ3) is 4.74. The van der Waals surface area contributed by atoms with Crippen LogP contribution in [-0.2, 0) is 16.0 Å². The number of benzene rings is 1. The molecule has 3 atom stereocenters. The van der Waals surface area contributed by atoms with Crippen molar-refractivity contribution in [2.24, 2.45) is 17.8 Å². The smallest absolute Gasteiger partial charge is 0.175 e. The van der Waals surface area contributed by atoms with E-state index in [9.17, 15) is 29.7 Å². The van der Waals surface area contributed by atoms with Gasteiger partial charge in [-0.3, -0.25) is 14.4 Å². The number of hydrogen-bond donors (Lipinski definition) is 3. The molecule has 0 spiro atoms.